The average Bonchev–Trinajstić information content (AvgIpc) is 2.96. The van der Waals surface area contributed by atoms with Crippen molar-refractivity contribution in [2.24, 2.45) is 0 Å². The fourth-order valence-corrected chi connectivity index (χ4v) is 4.84. The number of hydrogen-bond acceptors (Lipinski definition) is 16. The molecule has 3 aromatic rings. The van der Waals surface area contributed by atoms with Crippen molar-refractivity contribution in [2.75, 3.05) is 6.61 Å². The molecule has 0 aliphatic carbocycles. The molecule has 16 nitrogen and oxygen atoms in total. The Hall–Kier alpha value is -3.71. The van der Waals surface area contributed by atoms with Crippen molar-refractivity contribution in [3.8, 4) is 40.1 Å². The predicted molar refractivity (Wildman–Crippen MR) is 140 cm³/mol. The summed E-state index contributed by atoms with van der Waals surface area (Å²) >= 11 is 0. The van der Waals surface area contributed by atoms with Gasteiger partial charge in [0.05, 0.1) is 12.7 Å². The van der Waals surface area contributed by atoms with Gasteiger partial charge >= 0.3 is 0 Å². The summed E-state index contributed by atoms with van der Waals surface area (Å²) in [5.41, 5.74) is -1.35. The second-order valence-electron chi connectivity index (χ2n) is 10.3. The molecule has 234 valence electrons. The smallest absolute Gasteiger partial charge is 0.239 e. The summed E-state index contributed by atoms with van der Waals surface area (Å²) in [4.78, 5) is 13.6. The zero-order valence-corrected chi connectivity index (χ0v) is 22.3. The maximum Gasteiger partial charge on any atom is 0.239 e. The third-order valence-corrected chi connectivity index (χ3v) is 7.29. The van der Waals surface area contributed by atoms with Gasteiger partial charge in [-0.2, -0.15) is 0 Å². The van der Waals surface area contributed by atoms with Crippen LogP contribution >= 0.6 is 0 Å². The fraction of sp³-hybridized carbons (Fsp3) is 0.444. The van der Waals surface area contributed by atoms with Crippen LogP contribution in [-0.4, -0.2) is 119 Å². The van der Waals surface area contributed by atoms with Crippen LogP contribution in [0.1, 0.15) is 6.92 Å². The largest absolute Gasteiger partial charge is 0.508 e. The molecule has 10 N–H and O–H groups in total. The number of benzene rings is 2. The van der Waals surface area contributed by atoms with Crippen molar-refractivity contribution in [1.29, 1.82) is 0 Å². The lowest BCUT2D eigenvalue weighted by Crippen LogP contribution is -2.61. The highest BCUT2D eigenvalue weighted by molar-refractivity contribution is 5.88. The van der Waals surface area contributed by atoms with Crippen LogP contribution in [0.2, 0.25) is 0 Å². The van der Waals surface area contributed by atoms with E-state index in [0.29, 0.717) is 0 Å². The lowest BCUT2D eigenvalue weighted by Gasteiger charge is -2.42. The Balaban J connectivity index is 1.48. The number of aromatic hydroxyl groups is 4. The van der Waals surface area contributed by atoms with Gasteiger partial charge in [-0.1, -0.05) is 0 Å². The Kier molecular flexibility index (Phi) is 8.41. The zero-order valence-electron chi connectivity index (χ0n) is 22.3. The van der Waals surface area contributed by atoms with Crippen molar-refractivity contribution in [3.05, 3.63) is 40.6 Å². The lowest BCUT2D eigenvalue weighted by molar-refractivity contribution is -0.318. The van der Waals surface area contributed by atoms with Gasteiger partial charge in [0.15, 0.2) is 23.5 Å². The molecule has 10 atom stereocenters. The minimum absolute atomic E-state index is 0.0313. The van der Waals surface area contributed by atoms with E-state index in [9.17, 15) is 55.9 Å². The molecule has 5 rings (SSSR count). The number of aliphatic hydroxyl groups excluding tert-OH is 6. The van der Waals surface area contributed by atoms with Crippen molar-refractivity contribution in [1.82, 2.24) is 0 Å². The first-order valence-corrected chi connectivity index (χ1v) is 13.0. The highest BCUT2D eigenvalue weighted by Crippen LogP contribution is 2.39. The van der Waals surface area contributed by atoms with Gasteiger partial charge in [-0.05, 0) is 25.1 Å². The van der Waals surface area contributed by atoms with E-state index in [1.165, 1.54) is 13.0 Å². The van der Waals surface area contributed by atoms with Crippen LogP contribution < -0.4 is 10.2 Å². The molecule has 0 bridgehead atoms. The van der Waals surface area contributed by atoms with E-state index in [2.05, 4.69) is 0 Å². The predicted octanol–water partition coefficient (Wildman–Crippen LogP) is -1.69. The summed E-state index contributed by atoms with van der Waals surface area (Å²) in [5, 5.41) is 101. The summed E-state index contributed by atoms with van der Waals surface area (Å²) in [5.74, 6) is -3.33. The molecule has 2 saturated heterocycles. The molecule has 2 aromatic carbocycles. The van der Waals surface area contributed by atoms with E-state index in [0.717, 1.165) is 24.3 Å². The molecule has 1 aromatic heterocycles. The van der Waals surface area contributed by atoms with Crippen molar-refractivity contribution >= 4 is 11.0 Å². The van der Waals surface area contributed by atoms with E-state index >= 15 is 0 Å². The monoisotopic (exact) mass is 610 g/mol. The van der Waals surface area contributed by atoms with E-state index < -0.39 is 113 Å². The second kappa shape index (κ2) is 11.8. The average molecular weight is 611 g/mol. The first kappa shape index (κ1) is 30.7. The number of rotatable bonds is 6. The Morgan fingerprint density at radius 2 is 1.42 bits per heavy atom. The lowest BCUT2D eigenvalue weighted by atomic mass is 9.98. The number of aliphatic hydroxyl groups is 6. The van der Waals surface area contributed by atoms with Crippen molar-refractivity contribution < 1.29 is 74.4 Å². The van der Waals surface area contributed by atoms with Gasteiger partial charge in [-0.15, -0.1) is 0 Å². The van der Waals surface area contributed by atoms with Crippen LogP contribution in [0.3, 0.4) is 0 Å². The fourth-order valence-electron chi connectivity index (χ4n) is 4.84. The minimum Gasteiger partial charge on any atom is -0.508 e. The molecular formula is C27H30O16. The quantitative estimate of drug-likeness (QED) is 0.140. The Labute approximate surface area is 241 Å². The molecule has 16 heteroatoms. The van der Waals surface area contributed by atoms with Crippen LogP contribution in [0.4, 0.5) is 0 Å². The Bertz CT molecular complexity index is 1540. The van der Waals surface area contributed by atoms with Gasteiger partial charge in [0.2, 0.25) is 17.5 Å². The molecule has 0 amide bonds. The molecule has 43 heavy (non-hydrogen) atoms. The van der Waals surface area contributed by atoms with E-state index in [4.69, 9.17) is 23.4 Å². The molecule has 0 radical (unpaired) electrons. The van der Waals surface area contributed by atoms with Gasteiger partial charge in [-0.25, -0.2) is 0 Å². The highest BCUT2D eigenvalue weighted by atomic mass is 16.7. The third-order valence-electron chi connectivity index (χ3n) is 7.29. The number of fused-ring (bicyclic) bond motifs is 1. The first-order chi connectivity index (χ1) is 20.3. The number of ether oxygens (including phenoxy) is 4. The molecule has 0 unspecified atom stereocenters. The van der Waals surface area contributed by atoms with Gasteiger partial charge in [0, 0.05) is 17.7 Å². The second-order valence-corrected chi connectivity index (χ2v) is 10.3. The highest BCUT2D eigenvalue weighted by Gasteiger charge is 2.47. The zero-order chi connectivity index (χ0) is 31.3. The third kappa shape index (κ3) is 5.67. The Morgan fingerprint density at radius 3 is 2.12 bits per heavy atom. The van der Waals surface area contributed by atoms with Crippen molar-refractivity contribution in [2.45, 2.75) is 68.3 Å². The van der Waals surface area contributed by atoms with E-state index in [-0.39, 0.29) is 11.1 Å². The summed E-state index contributed by atoms with van der Waals surface area (Å²) < 4.78 is 27.8. The topological polar surface area (TPSA) is 269 Å². The maximum absolute atomic E-state index is 13.6. The normalized spacial score (nSPS) is 33.0. The first-order valence-electron chi connectivity index (χ1n) is 13.0. The SMILES string of the molecule is C[C@H]1O[C@@H](OC[C@@H]2O[C@@H](Oc3c(-c4ccc(O)c(O)c4)oc4cc(O)cc(O)c4c3=O)[C@H](O)[C@@H](O)[C@H]2O)[C@H](O)[C@H](O)[C@H]1O. The van der Waals surface area contributed by atoms with Gasteiger partial charge in [0.25, 0.3) is 0 Å². The molecule has 2 aliphatic heterocycles. The Morgan fingerprint density at radius 1 is 0.744 bits per heavy atom. The van der Waals surface area contributed by atoms with Gasteiger partial charge < -0.3 is 74.4 Å². The molecule has 0 spiro atoms. The van der Waals surface area contributed by atoms with Crippen LogP contribution in [0.25, 0.3) is 22.3 Å². The van der Waals surface area contributed by atoms with Crippen LogP contribution in [0.5, 0.6) is 28.7 Å². The van der Waals surface area contributed by atoms with Crippen LogP contribution in [-0.2, 0) is 14.2 Å². The number of phenolic OH excluding ortho intramolecular Hbond substituents is 4. The molecule has 3 heterocycles. The number of hydrogen-bond donors (Lipinski definition) is 10. The van der Waals surface area contributed by atoms with Crippen LogP contribution in [0.15, 0.2) is 39.5 Å². The minimum atomic E-state index is -1.97. The molecule has 0 saturated carbocycles. The van der Waals surface area contributed by atoms with Crippen molar-refractivity contribution in [3.63, 3.8) is 0 Å². The summed E-state index contributed by atoms with van der Waals surface area (Å²) in [6.45, 7) is 0.818. The summed E-state index contributed by atoms with van der Waals surface area (Å²) in [7, 11) is 0. The van der Waals surface area contributed by atoms with Crippen LogP contribution in [0, 0.1) is 0 Å². The molecule has 2 fully saturated rings. The van der Waals surface area contributed by atoms with E-state index in [1.54, 1.807) is 0 Å². The van der Waals surface area contributed by atoms with Gasteiger partial charge in [-0.3, -0.25) is 4.79 Å². The van der Waals surface area contributed by atoms with Gasteiger partial charge in [0.1, 0.15) is 65.2 Å². The summed E-state index contributed by atoms with van der Waals surface area (Å²) in [6, 6.07) is 5.24. The maximum atomic E-state index is 13.6. The molecular weight excluding hydrogens is 580 g/mol. The summed E-state index contributed by atoms with van der Waals surface area (Å²) in [6.07, 6.45) is -16.2. The van der Waals surface area contributed by atoms with E-state index in [1.807, 2.05) is 0 Å². The number of phenols is 4. The molecule has 2 aliphatic rings. The standard InChI is InChI=1S/C27H30O16/c1-8-17(32)20(35)22(37)26(40-8)39-7-15-18(33)21(36)23(38)27(42-15)43-25-19(34)16-13(31)5-10(28)6-14(16)41-24(25)9-2-3-11(29)12(30)4-9/h2-6,8,15,17-18,20-23,26-33,35-38H,7H2,1H3/t8-,15+,17+,18+,20-,21+,22-,23-,26-,27+/m1/s1.